The van der Waals surface area contributed by atoms with Crippen LogP contribution in [0, 0.1) is 0 Å². The number of aromatic nitrogens is 3. The summed E-state index contributed by atoms with van der Waals surface area (Å²) in [4.78, 5) is 29.6. The summed E-state index contributed by atoms with van der Waals surface area (Å²) in [5.74, 6) is 0.432. The van der Waals surface area contributed by atoms with Gasteiger partial charge in [0.05, 0.1) is 7.11 Å². The lowest BCUT2D eigenvalue weighted by molar-refractivity contribution is -0.688. The first-order chi connectivity index (χ1) is 11.2. The Hall–Kier alpha value is -3.15. The molecule has 0 radical (unpaired) electrons. The molecule has 3 rings (SSSR count). The number of H-pyrrole nitrogens is 2. The number of hydrogen-bond donors (Lipinski definition) is 2. The molecule has 0 fully saturated rings. The number of ether oxygens (including phenoxy) is 1. The molecule has 23 heavy (non-hydrogen) atoms. The number of nitrogens with one attached hydrogen (secondary N) is 2. The Morgan fingerprint density at radius 3 is 2.43 bits per heavy atom. The van der Waals surface area contributed by atoms with Crippen molar-refractivity contribution in [2.75, 3.05) is 7.11 Å². The van der Waals surface area contributed by atoms with Crippen molar-refractivity contribution in [1.29, 1.82) is 0 Å². The minimum atomic E-state index is -0.395. The van der Waals surface area contributed by atoms with Gasteiger partial charge in [0, 0.05) is 17.7 Å². The summed E-state index contributed by atoms with van der Waals surface area (Å²) in [6, 6.07) is 12.4. The molecule has 0 amide bonds. The number of rotatable bonds is 5. The maximum atomic E-state index is 12.6. The summed E-state index contributed by atoms with van der Waals surface area (Å²) < 4.78 is 6.96. The van der Waals surface area contributed by atoms with Crippen LogP contribution in [0.15, 0.2) is 59.7 Å². The third kappa shape index (κ3) is 3.21. The van der Waals surface area contributed by atoms with Gasteiger partial charge in [0.1, 0.15) is 17.1 Å². The van der Waals surface area contributed by atoms with Gasteiger partial charge in [-0.15, -0.1) is 0 Å². The van der Waals surface area contributed by atoms with Crippen LogP contribution in [0.5, 0.6) is 5.75 Å². The second-order valence-electron chi connectivity index (χ2n) is 5.04. The van der Waals surface area contributed by atoms with Gasteiger partial charge in [-0.3, -0.25) is 4.79 Å². The van der Waals surface area contributed by atoms with Crippen molar-refractivity contribution in [2.24, 2.45) is 0 Å². The van der Waals surface area contributed by atoms with E-state index >= 15 is 0 Å². The molecule has 0 atom stereocenters. The lowest BCUT2D eigenvalue weighted by Gasteiger charge is -2.03. The van der Waals surface area contributed by atoms with Crippen LogP contribution in [0.25, 0.3) is 0 Å². The van der Waals surface area contributed by atoms with E-state index in [4.69, 9.17) is 4.74 Å². The number of aromatic amines is 2. The Morgan fingerprint density at radius 2 is 1.78 bits per heavy atom. The largest absolute Gasteiger partial charge is 0.497 e. The number of carbonyl (C=O) groups excluding carboxylic acids is 1. The molecule has 0 aliphatic carbocycles. The van der Waals surface area contributed by atoms with E-state index in [0.29, 0.717) is 23.6 Å². The fraction of sp³-hybridized carbons (Fsp3) is 0.118. The standard InChI is InChI=1S/C17H15N3O3/c1-23-13-7-5-12(6-8-13)16(21)15-14(18-17(22)19-15)11-20-9-3-2-4-10-20/h2-10H,11H2,1H3,(H-,18,19,21,22)/p+1. The van der Waals surface area contributed by atoms with Gasteiger partial charge in [-0.1, -0.05) is 6.07 Å². The molecule has 0 aliphatic rings. The van der Waals surface area contributed by atoms with Crippen molar-refractivity contribution < 1.29 is 14.1 Å². The van der Waals surface area contributed by atoms with E-state index in [2.05, 4.69) is 9.97 Å². The molecular formula is C17H16N3O3+. The second-order valence-corrected chi connectivity index (χ2v) is 5.04. The quantitative estimate of drug-likeness (QED) is 0.550. The van der Waals surface area contributed by atoms with E-state index in [1.165, 1.54) is 0 Å². The molecule has 0 aliphatic heterocycles. The number of benzene rings is 1. The molecule has 2 heterocycles. The van der Waals surface area contributed by atoms with Crippen LogP contribution in [0.2, 0.25) is 0 Å². The van der Waals surface area contributed by atoms with E-state index in [-0.39, 0.29) is 11.5 Å². The molecule has 0 bridgehead atoms. The number of pyridine rings is 1. The van der Waals surface area contributed by atoms with Crippen molar-refractivity contribution in [3.8, 4) is 5.75 Å². The summed E-state index contributed by atoms with van der Waals surface area (Å²) in [5.41, 5.74) is 0.914. The van der Waals surface area contributed by atoms with Crippen molar-refractivity contribution >= 4 is 5.78 Å². The molecule has 2 N–H and O–H groups in total. The summed E-state index contributed by atoms with van der Waals surface area (Å²) in [5, 5.41) is 0. The lowest BCUT2D eigenvalue weighted by atomic mass is 10.1. The predicted octanol–water partition coefficient (Wildman–Crippen LogP) is 1.28. The summed E-state index contributed by atoms with van der Waals surface area (Å²) in [7, 11) is 1.57. The zero-order valence-corrected chi connectivity index (χ0v) is 12.6. The fourth-order valence-corrected chi connectivity index (χ4v) is 2.34. The monoisotopic (exact) mass is 310 g/mol. The van der Waals surface area contributed by atoms with E-state index in [1.807, 2.05) is 35.2 Å². The Labute approximate surface area is 132 Å². The summed E-state index contributed by atoms with van der Waals surface area (Å²) in [6.45, 7) is 0.400. The molecule has 6 nitrogen and oxygen atoms in total. The number of methoxy groups -OCH3 is 1. The second kappa shape index (κ2) is 6.31. The van der Waals surface area contributed by atoms with E-state index < -0.39 is 5.69 Å². The van der Waals surface area contributed by atoms with Crippen LogP contribution >= 0.6 is 0 Å². The fourth-order valence-electron chi connectivity index (χ4n) is 2.34. The van der Waals surface area contributed by atoms with Gasteiger partial charge in [0.25, 0.3) is 0 Å². The lowest BCUT2D eigenvalue weighted by Crippen LogP contribution is -2.34. The molecule has 6 heteroatoms. The van der Waals surface area contributed by atoms with Crippen LogP contribution in [0.1, 0.15) is 21.7 Å². The Balaban J connectivity index is 1.92. The smallest absolute Gasteiger partial charge is 0.323 e. The van der Waals surface area contributed by atoms with Gasteiger partial charge >= 0.3 is 5.69 Å². The van der Waals surface area contributed by atoms with Crippen molar-refractivity contribution in [2.45, 2.75) is 6.54 Å². The van der Waals surface area contributed by atoms with Gasteiger partial charge < -0.3 is 14.7 Å². The number of carbonyl (C=O) groups is 1. The first kappa shape index (κ1) is 14.8. The highest BCUT2D eigenvalue weighted by molar-refractivity contribution is 6.08. The van der Waals surface area contributed by atoms with Crippen LogP contribution in [-0.2, 0) is 6.54 Å². The minimum absolute atomic E-state index is 0.238. The molecule has 3 aromatic rings. The average Bonchev–Trinajstić information content (AvgIpc) is 2.95. The maximum Gasteiger partial charge on any atom is 0.323 e. The average molecular weight is 310 g/mol. The summed E-state index contributed by atoms with van der Waals surface area (Å²) in [6.07, 6.45) is 3.74. The Bertz CT molecular complexity index is 864. The van der Waals surface area contributed by atoms with Gasteiger partial charge in [-0.2, -0.15) is 4.57 Å². The van der Waals surface area contributed by atoms with Crippen molar-refractivity contribution in [1.82, 2.24) is 9.97 Å². The number of hydrogen-bond acceptors (Lipinski definition) is 3. The molecule has 2 aromatic heterocycles. The molecule has 0 saturated heterocycles. The number of imidazole rings is 1. The van der Waals surface area contributed by atoms with Gasteiger partial charge in [-0.05, 0) is 24.3 Å². The Morgan fingerprint density at radius 1 is 1.09 bits per heavy atom. The highest BCUT2D eigenvalue weighted by atomic mass is 16.5. The van der Waals surface area contributed by atoms with E-state index in [1.54, 1.807) is 31.4 Å². The molecule has 0 saturated carbocycles. The first-order valence-corrected chi connectivity index (χ1v) is 7.11. The minimum Gasteiger partial charge on any atom is -0.497 e. The van der Waals surface area contributed by atoms with E-state index in [0.717, 1.165) is 0 Å². The highest BCUT2D eigenvalue weighted by Gasteiger charge is 2.19. The van der Waals surface area contributed by atoms with Gasteiger partial charge in [0.2, 0.25) is 5.78 Å². The van der Waals surface area contributed by atoms with Crippen LogP contribution in [0.4, 0.5) is 0 Å². The topological polar surface area (TPSA) is 78.8 Å². The Kier molecular flexibility index (Phi) is 4.05. The predicted molar refractivity (Wildman–Crippen MR) is 83.6 cm³/mol. The van der Waals surface area contributed by atoms with Crippen LogP contribution in [-0.4, -0.2) is 22.9 Å². The third-order valence-electron chi connectivity index (χ3n) is 3.50. The first-order valence-electron chi connectivity index (χ1n) is 7.11. The zero-order valence-electron chi connectivity index (χ0n) is 12.6. The SMILES string of the molecule is COc1ccc(C(=O)c2[nH]c(=O)[nH]c2C[n+]2ccccc2)cc1. The van der Waals surface area contributed by atoms with Crippen LogP contribution in [0.3, 0.4) is 0 Å². The molecule has 116 valence electrons. The molecule has 1 aromatic carbocycles. The zero-order chi connectivity index (χ0) is 16.2. The molecule has 0 spiro atoms. The van der Waals surface area contributed by atoms with Crippen LogP contribution < -0.4 is 15.0 Å². The van der Waals surface area contributed by atoms with Crippen molar-refractivity contribution in [3.63, 3.8) is 0 Å². The number of ketones is 1. The third-order valence-corrected chi connectivity index (χ3v) is 3.50. The van der Waals surface area contributed by atoms with Gasteiger partial charge in [-0.25, -0.2) is 4.79 Å². The highest BCUT2D eigenvalue weighted by Crippen LogP contribution is 2.15. The maximum absolute atomic E-state index is 12.6. The normalized spacial score (nSPS) is 10.5. The number of nitrogens with zero attached hydrogens (tertiary/aromatic N) is 1. The molecule has 0 unspecified atom stereocenters. The summed E-state index contributed by atoms with van der Waals surface area (Å²) >= 11 is 0. The van der Waals surface area contributed by atoms with E-state index in [9.17, 15) is 9.59 Å². The van der Waals surface area contributed by atoms with Gasteiger partial charge in [0.15, 0.2) is 18.9 Å². The molecular weight excluding hydrogens is 294 g/mol. The van der Waals surface area contributed by atoms with Crippen molar-refractivity contribution in [3.05, 3.63) is 82.3 Å².